The summed E-state index contributed by atoms with van der Waals surface area (Å²) in [5.74, 6) is -1.81. The van der Waals surface area contributed by atoms with Crippen LogP contribution < -0.4 is 4.72 Å². The zero-order valence-electron chi connectivity index (χ0n) is 17.1. The van der Waals surface area contributed by atoms with E-state index in [2.05, 4.69) is 16.1 Å². The predicted molar refractivity (Wildman–Crippen MR) is 119 cm³/mol. The Morgan fingerprint density at radius 1 is 1.19 bits per heavy atom. The highest BCUT2D eigenvalue weighted by atomic mass is 32.2. The van der Waals surface area contributed by atoms with Crippen molar-refractivity contribution in [2.75, 3.05) is 6.61 Å². The number of hydrogen-bond donors (Lipinski definition) is 1. The van der Waals surface area contributed by atoms with Crippen LogP contribution in [0.5, 0.6) is 0 Å². The number of esters is 1. The van der Waals surface area contributed by atoms with Crippen LogP contribution in [0.25, 0.3) is 11.6 Å². The third-order valence-corrected chi connectivity index (χ3v) is 5.33. The molecule has 0 aliphatic heterocycles. The molecule has 0 radical (unpaired) electrons. The summed E-state index contributed by atoms with van der Waals surface area (Å²) in [6, 6.07) is 15.8. The molecule has 1 N–H and O–H groups in total. The van der Waals surface area contributed by atoms with E-state index < -0.39 is 34.5 Å². The molecule has 0 aliphatic carbocycles. The van der Waals surface area contributed by atoms with E-state index in [1.54, 1.807) is 24.3 Å². The fraction of sp³-hybridized carbons (Fsp3) is 0.174. The average molecular weight is 438 g/mol. The number of ether oxygens (including phenoxy) is 1. The third kappa shape index (κ3) is 7.71. The van der Waals surface area contributed by atoms with E-state index in [1.807, 2.05) is 49.4 Å². The molecule has 7 nitrogen and oxygen atoms in total. The van der Waals surface area contributed by atoms with Crippen LogP contribution >= 0.6 is 0 Å². The Labute approximate surface area is 183 Å². The van der Waals surface area contributed by atoms with Gasteiger partial charge in [0.15, 0.2) is 0 Å². The number of benzene rings is 2. The van der Waals surface area contributed by atoms with Crippen LogP contribution in [-0.4, -0.2) is 39.1 Å². The van der Waals surface area contributed by atoms with Gasteiger partial charge in [0.2, 0.25) is 0 Å². The number of hydrogen-bond acceptors (Lipinski definition) is 4. The van der Waals surface area contributed by atoms with Crippen LogP contribution in [0.1, 0.15) is 17.5 Å². The van der Waals surface area contributed by atoms with Gasteiger partial charge in [-0.05, 0) is 24.6 Å². The first-order valence-electron chi connectivity index (χ1n) is 9.45. The minimum atomic E-state index is -1.61. The maximum atomic E-state index is 12.7. The molecule has 2 atom stereocenters. The molecule has 0 amide bonds. The summed E-state index contributed by atoms with van der Waals surface area (Å²) < 4.78 is 20.4. The van der Waals surface area contributed by atoms with E-state index in [9.17, 15) is 13.8 Å². The van der Waals surface area contributed by atoms with Gasteiger partial charge < -0.3 is 10.3 Å². The third-order valence-electron chi connectivity index (χ3n) is 4.11. The van der Waals surface area contributed by atoms with Gasteiger partial charge >= 0.3 is 11.7 Å². The van der Waals surface area contributed by atoms with E-state index in [4.69, 9.17) is 10.3 Å². The zero-order chi connectivity index (χ0) is 22.6. The number of rotatable bonds is 11. The van der Waals surface area contributed by atoms with Gasteiger partial charge in [0.25, 0.3) is 5.78 Å². The number of Topliss-reactive ketones (excluding diaryl/α,β-unsaturated/α-hetero) is 1. The molecule has 0 aliphatic rings. The highest BCUT2D eigenvalue weighted by molar-refractivity contribution is 7.83. The molecule has 0 heterocycles. The van der Waals surface area contributed by atoms with Crippen molar-refractivity contribution in [1.82, 2.24) is 4.72 Å². The highest BCUT2D eigenvalue weighted by Gasteiger charge is 2.32. The second-order valence-corrected chi connectivity index (χ2v) is 7.78. The summed E-state index contributed by atoms with van der Waals surface area (Å²) in [4.78, 5) is 27.8. The van der Waals surface area contributed by atoms with E-state index in [1.165, 1.54) is 6.08 Å². The lowest BCUT2D eigenvalue weighted by molar-refractivity contribution is -0.141. The van der Waals surface area contributed by atoms with Crippen LogP contribution in [0.2, 0.25) is 0 Å². The fourth-order valence-electron chi connectivity index (χ4n) is 2.52. The largest absolute Gasteiger partial charge is 0.453 e. The molecule has 0 bridgehead atoms. The quantitative estimate of drug-likeness (QED) is 0.145. The lowest BCUT2D eigenvalue weighted by Gasteiger charge is -2.13. The van der Waals surface area contributed by atoms with Crippen LogP contribution in [0.4, 0.5) is 0 Å². The molecule has 0 spiro atoms. The van der Waals surface area contributed by atoms with Crippen LogP contribution in [0.3, 0.4) is 0 Å². The van der Waals surface area contributed by atoms with Gasteiger partial charge in [-0.15, -0.1) is 0 Å². The summed E-state index contributed by atoms with van der Waals surface area (Å²) in [5, 5.41) is 0. The lowest BCUT2D eigenvalue weighted by Crippen LogP contribution is -2.36. The van der Waals surface area contributed by atoms with Crippen molar-refractivity contribution in [3.63, 3.8) is 0 Å². The topological polar surface area (TPSA) is 109 Å². The standard InChI is InChI=1S/C23H23N3O4S/c1-3-15-30-23(28)22(25-24)21(27)16-19(12-11-18-7-5-4-6-8-18)26-31(29)20-13-9-17(2)10-14-20/h3-14,19,26H,1,15-16H2,2H3/b12-11+/t19-,31-/m0/s1. The van der Waals surface area contributed by atoms with Gasteiger partial charge in [-0.3, -0.25) is 4.79 Å². The predicted octanol–water partition coefficient (Wildman–Crippen LogP) is 3.05. The number of carbonyl (C=O) groups is 2. The van der Waals surface area contributed by atoms with E-state index in [0.717, 1.165) is 11.1 Å². The Morgan fingerprint density at radius 3 is 2.48 bits per heavy atom. The molecule has 0 unspecified atom stereocenters. The van der Waals surface area contributed by atoms with Crippen molar-refractivity contribution < 1.29 is 23.3 Å². The maximum Gasteiger partial charge on any atom is 0.441 e. The maximum absolute atomic E-state index is 12.7. The van der Waals surface area contributed by atoms with Crippen LogP contribution in [0, 0.1) is 6.92 Å². The second-order valence-electron chi connectivity index (χ2n) is 6.54. The number of ketones is 1. The number of carbonyl (C=O) groups excluding carboxylic acids is 2. The molecule has 160 valence electrons. The van der Waals surface area contributed by atoms with Gasteiger partial charge in [-0.25, -0.2) is 13.7 Å². The summed E-state index contributed by atoms with van der Waals surface area (Å²) in [7, 11) is -1.61. The SMILES string of the molecule is C=CCOC(=O)C(=[N+]=[N-])C(=O)C[C@H](/C=C/c1ccccc1)N[S@@](=O)c1ccc(C)cc1. The minimum Gasteiger partial charge on any atom is -0.453 e. The van der Waals surface area contributed by atoms with E-state index >= 15 is 0 Å². The molecule has 2 rings (SSSR count). The highest BCUT2D eigenvalue weighted by Crippen LogP contribution is 2.10. The smallest absolute Gasteiger partial charge is 0.441 e. The number of nitrogens with zero attached hydrogens (tertiary/aromatic N) is 2. The molecule has 31 heavy (non-hydrogen) atoms. The second kappa shape index (κ2) is 12.3. The van der Waals surface area contributed by atoms with Gasteiger partial charge in [0, 0.05) is 12.5 Å². The summed E-state index contributed by atoms with van der Waals surface area (Å²) in [5.41, 5.74) is 10.3. The van der Waals surface area contributed by atoms with Gasteiger partial charge in [0.05, 0.1) is 4.90 Å². The van der Waals surface area contributed by atoms with Gasteiger partial charge in [-0.1, -0.05) is 72.8 Å². The Kier molecular flexibility index (Phi) is 9.45. The molecule has 8 heteroatoms. The van der Waals surface area contributed by atoms with E-state index in [0.29, 0.717) is 4.90 Å². The van der Waals surface area contributed by atoms with E-state index in [-0.39, 0.29) is 13.0 Å². The summed E-state index contributed by atoms with van der Waals surface area (Å²) in [6.45, 7) is 5.21. The number of nitrogens with one attached hydrogen (secondary N) is 1. The molecule has 0 saturated heterocycles. The van der Waals surface area contributed by atoms with Crippen molar-refractivity contribution >= 4 is 34.5 Å². The monoisotopic (exact) mass is 437 g/mol. The molecule has 0 aromatic heterocycles. The Bertz CT molecular complexity index is 1030. The first-order valence-corrected chi connectivity index (χ1v) is 10.6. The van der Waals surface area contributed by atoms with Crippen LogP contribution in [0.15, 0.2) is 78.2 Å². The normalized spacial score (nSPS) is 12.5. The van der Waals surface area contributed by atoms with Crippen molar-refractivity contribution in [1.29, 1.82) is 0 Å². The lowest BCUT2D eigenvalue weighted by atomic mass is 10.1. The van der Waals surface area contributed by atoms with Crippen LogP contribution in [-0.2, 0) is 25.3 Å². The summed E-state index contributed by atoms with van der Waals surface area (Å²) >= 11 is 0. The molecule has 0 fully saturated rings. The minimum absolute atomic E-state index is 0.127. The first-order chi connectivity index (χ1) is 14.9. The molecular weight excluding hydrogens is 414 g/mol. The Hall–Kier alpha value is -3.45. The Morgan fingerprint density at radius 2 is 1.87 bits per heavy atom. The summed E-state index contributed by atoms with van der Waals surface area (Å²) in [6.07, 6.45) is 4.49. The van der Waals surface area contributed by atoms with Crippen molar-refractivity contribution in [2.45, 2.75) is 24.3 Å². The van der Waals surface area contributed by atoms with Crippen molar-refractivity contribution in [3.8, 4) is 0 Å². The Balaban J connectivity index is 2.20. The molecule has 2 aromatic rings. The fourth-order valence-corrected chi connectivity index (χ4v) is 3.47. The number of aryl methyl sites for hydroxylation is 1. The molecule has 2 aromatic carbocycles. The van der Waals surface area contributed by atoms with Gasteiger partial charge in [-0.2, -0.15) is 4.79 Å². The first kappa shape index (κ1) is 23.8. The van der Waals surface area contributed by atoms with Crippen molar-refractivity contribution in [2.24, 2.45) is 0 Å². The zero-order valence-corrected chi connectivity index (χ0v) is 17.9. The molecular formula is C23H23N3O4S. The van der Waals surface area contributed by atoms with Crippen molar-refractivity contribution in [3.05, 3.63) is 90.0 Å². The average Bonchev–Trinajstić information content (AvgIpc) is 2.77. The molecule has 0 saturated carbocycles. The van der Waals surface area contributed by atoms with Gasteiger partial charge in [0.1, 0.15) is 17.6 Å².